The molecule has 0 radical (unpaired) electrons. The van der Waals surface area contributed by atoms with Gasteiger partial charge in [0, 0.05) is 44.4 Å². The summed E-state index contributed by atoms with van der Waals surface area (Å²) in [5.41, 5.74) is 9.12. The Balaban J connectivity index is 0.000000228. The summed E-state index contributed by atoms with van der Waals surface area (Å²) in [6.45, 7) is 10.0. The third-order valence-corrected chi connectivity index (χ3v) is 11.7. The number of nitrogens with two attached hydrogens (primary N) is 1. The Hall–Kier alpha value is -4.84. The first-order valence-electron chi connectivity index (χ1n) is 21.0. The number of aliphatic hydroxyl groups excluding tert-OH is 2. The minimum absolute atomic E-state index is 0.0658. The maximum absolute atomic E-state index is 13.5. The molecule has 4 aromatic rings. The average molecular weight is 830 g/mol. The highest BCUT2D eigenvalue weighted by Gasteiger charge is 2.41. The molecule has 2 aliphatic rings. The van der Waals surface area contributed by atoms with Gasteiger partial charge in [-0.1, -0.05) is 87.0 Å². The van der Waals surface area contributed by atoms with Gasteiger partial charge in [-0.25, -0.2) is 17.6 Å². The number of piperidine rings is 2. The van der Waals surface area contributed by atoms with Gasteiger partial charge in [0.05, 0.1) is 24.0 Å². The molecular formula is C49H59F4N3O4. The predicted molar refractivity (Wildman–Crippen MR) is 226 cm³/mol. The van der Waals surface area contributed by atoms with Gasteiger partial charge >= 0.3 is 0 Å². The third kappa shape index (κ3) is 13.1. The topological polar surface area (TPSA) is 107 Å². The molecule has 8 atom stereocenters. The largest absolute Gasteiger partial charge is 0.392 e. The van der Waals surface area contributed by atoms with E-state index in [2.05, 4.69) is 13.5 Å². The van der Waals surface area contributed by atoms with Gasteiger partial charge in [-0.05, 0) is 103 Å². The number of hydrogen-bond acceptors (Lipinski definition) is 5. The lowest BCUT2D eigenvalue weighted by atomic mass is 9.78. The van der Waals surface area contributed by atoms with Gasteiger partial charge in [0.15, 0.2) is 0 Å². The molecule has 0 aliphatic carbocycles. The van der Waals surface area contributed by atoms with Crippen LogP contribution in [0, 0.1) is 52.9 Å². The normalized spacial score (nSPS) is 21.4. The highest BCUT2D eigenvalue weighted by molar-refractivity contribution is 5.81. The summed E-state index contributed by atoms with van der Waals surface area (Å²) in [6, 6.07) is 25.4. The average Bonchev–Trinajstić information content (AvgIpc) is 3.20. The molecule has 4 N–H and O–H groups in total. The fourth-order valence-electron chi connectivity index (χ4n) is 8.87. The Morgan fingerprint density at radius 3 is 1.58 bits per heavy atom. The molecule has 2 unspecified atom stereocenters. The zero-order chi connectivity index (χ0) is 43.3. The van der Waals surface area contributed by atoms with E-state index in [9.17, 15) is 37.4 Å². The van der Waals surface area contributed by atoms with Crippen LogP contribution >= 0.6 is 0 Å². The number of carbonyl (C=O) groups excluding carboxylic acids is 2. The van der Waals surface area contributed by atoms with Crippen molar-refractivity contribution in [3.63, 3.8) is 0 Å². The van der Waals surface area contributed by atoms with Gasteiger partial charge in [0.2, 0.25) is 11.8 Å². The lowest BCUT2D eigenvalue weighted by Gasteiger charge is -2.40. The molecule has 60 heavy (non-hydrogen) atoms. The SMILES string of the molecule is C=CC[C@@H]1CC([C@@H](O)[C@@H](C)Cc2cc(F)cc(F)c2)C(=O)N(Cc2ccccc2)C1.CCC[C@@H]1CC([C@@H](O)[C@@H](N)Cc2cc(F)cc(F)c2)C(=O)N(Cc2ccccc2)C1. The van der Waals surface area contributed by atoms with E-state index < -0.39 is 53.4 Å². The summed E-state index contributed by atoms with van der Waals surface area (Å²) < 4.78 is 54.0. The number of allylic oxidation sites excluding steroid dienone is 1. The molecule has 0 spiro atoms. The van der Waals surface area contributed by atoms with E-state index in [1.54, 1.807) is 0 Å². The van der Waals surface area contributed by atoms with Crippen LogP contribution in [-0.4, -0.2) is 63.2 Å². The third-order valence-electron chi connectivity index (χ3n) is 11.7. The highest BCUT2D eigenvalue weighted by Crippen LogP contribution is 2.34. The monoisotopic (exact) mass is 829 g/mol. The van der Waals surface area contributed by atoms with Crippen LogP contribution in [0.2, 0.25) is 0 Å². The second kappa shape index (κ2) is 22.1. The first-order chi connectivity index (χ1) is 28.7. The van der Waals surface area contributed by atoms with E-state index in [0.29, 0.717) is 56.6 Å². The van der Waals surface area contributed by atoms with Crippen molar-refractivity contribution in [1.29, 1.82) is 0 Å². The Bertz CT molecular complexity index is 1960. The summed E-state index contributed by atoms with van der Waals surface area (Å²) in [5, 5.41) is 21.9. The molecule has 0 saturated carbocycles. The van der Waals surface area contributed by atoms with E-state index >= 15 is 0 Å². The lowest BCUT2D eigenvalue weighted by Crippen LogP contribution is -2.53. The zero-order valence-electron chi connectivity index (χ0n) is 34.6. The first-order valence-corrected chi connectivity index (χ1v) is 21.0. The van der Waals surface area contributed by atoms with E-state index in [-0.39, 0.29) is 36.0 Å². The van der Waals surface area contributed by atoms with Gasteiger partial charge in [-0.3, -0.25) is 9.59 Å². The van der Waals surface area contributed by atoms with Crippen molar-refractivity contribution in [2.75, 3.05) is 13.1 Å². The van der Waals surface area contributed by atoms with Crippen molar-refractivity contribution in [2.45, 2.75) is 90.1 Å². The molecule has 2 saturated heterocycles. The van der Waals surface area contributed by atoms with Crippen molar-refractivity contribution >= 4 is 11.8 Å². The molecule has 2 fully saturated rings. The number of halogens is 4. The fraction of sp³-hybridized carbons (Fsp3) is 0.429. The number of carbonyl (C=O) groups is 2. The van der Waals surface area contributed by atoms with Crippen LogP contribution < -0.4 is 5.73 Å². The maximum Gasteiger partial charge on any atom is 0.228 e. The summed E-state index contributed by atoms with van der Waals surface area (Å²) >= 11 is 0. The molecule has 2 amide bonds. The number of likely N-dealkylation sites (tertiary alicyclic amines) is 2. The van der Waals surface area contributed by atoms with Crippen LogP contribution in [0.15, 0.2) is 110 Å². The molecule has 2 heterocycles. The molecule has 11 heteroatoms. The van der Waals surface area contributed by atoms with E-state index in [4.69, 9.17) is 5.73 Å². The minimum atomic E-state index is -1.08. The van der Waals surface area contributed by atoms with E-state index in [1.165, 1.54) is 24.3 Å². The number of amides is 2. The number of hydrogen-bond donors (Lipinski definition) is 3. The Labute approximate surface area is 351 Å². The van der Waals surface area contributed by atoms with E-state index in [1.807, 2.05) is 83.5 Å². The zero-order valence-corrected chi connectivity index (χ0v) is 34.6. The van der Waals surface area contributed by atoms with Crippen LogP contribution in [0.4, 0.5) is 17.6 Å². The van der Waals surface area contributed by atoms with Crippen molar-refractivity contribution < 1.29 is 37.4 Å². The van der Waals surface area contributed by atoms with Gasteiger partial charge in [-0.2, -0.15) is 0 Å². The molecular weight excluding hydrogens is 771 g/mol. The number of nitrogens with zero attached hydrogens (tertiary/aromatic N) is 2. The lowest BCUT2D eigenvalue weighted by molar-refractivity contribution is -0.148. The van der Waals surface area contributed by atoms with Crippen LogP contribution in [0.3, 0.4) is 0 Å². The molecule has 0 bridgehead atoms. The fourth-order valence-corrected chi connectivity index (χ4v) is 8.87. The van der Waals surface area contributed by atoms with Crippen molar-refractivity contribution in [1.82, 2.24) is 9.80 Å². The van der Waals surface area contributed by atoms with E-state index in [0.717, 1.165) is 42.5 Å². The summed E-state index contributed by atoms with van der Waals surface area (Å²) in [6.07, 6.45) is 4.15. The second-order valence-electron chi connectivity index (χ2n) is 16.7. The highest BCUT2D eigenvalue weighted by atomic mass is 19.1. The van der Waals surface area contributed by atoms with Crippen LogP contribution in [0.25, 0.3) is 0 Å². The number of benzene rings is 4. The molecule has 322 valence electrons. The number of rotatable bonds is 16. The molecule has 4 aromatic carbocycles. The number of aliphatic hydroxyl groups is 2. The van der Waals surface area contributed by atoms with Crippen LogP contribution in [0.1, 0.15) is 68.2 Å². The van der Waals surface area contributed by atoms with Gasteiger partial charge in [0.25, 0.3) is 0 Å². The van der Waals surface area contributed by atoms with Crippen molar-refractivity contribution in [3.8, 4) is 0 Å². The van der Waals surface area contributed by atoms with Gasteiger partial charge in [0.1, 0.15) is 23.3 Å². The Morgan fingerprint density at radius 2 is 1.12 bits per heavy atom. The molecule has 0 aromatic heterocycles. The van der Waals surface area contributed by atoms with Crippen molar-refractivity contribution in [2.24, 2.45) is 35.3 Å². The maximum atomic E-state index is 13.5. The van der Waals surface area contributed by atoms with Crippen LogP contribution in [-0.2, 0) is 35.5 Å². The quantitative estimate of drug-likeness (QED) is 0.0778. The van der Waals surface area contributed by atoms with Gasteiger partial charge < -0.3 is 25.7 Å². The molecule has 7 nitrogen and oxygen atoms in total. The molecule has 6 rings (SSSR count). The molecule has 2 aliphatic heterocycles. The van der Waals surface area contributed by atoms with Crippen molar-refractivity contribution in [3.05, 3.63) is 155 Å². The summed E-state index contributed by atoms with van der Waals surface area (Å²) in [4.78, 5) is 30.0. The Morgan fingerprint density at radius 1 is 0.683 bits per heavy atom. The standard InChI is InChI=1S/C25H29F2NO2.C24H30F2N2O2/c1-3-7-19-13-23(25(30)28(16-19)15-18-8-5-4-6-9-18)24(29)17(2)10-20-11-21(26)14-22(27)12-20;1-2-6-17-11-21(24(30)28(15-17)14-16-7-4-3-5-8-16)23(29)22(27)12-18-9-19(25)13-20(26)10-18/h3-6,8-9,11-12,14,17,19,23-24,29H,1,7,10,13,15-16H2,2H3;3-5,7-10,13,17,21-23,29H,2,6,11-12,14-15,27H2,1H3/t17-,19+,23?,24-;17-,21?,22+,23-/m01/s1. The van der Waals surface area contributed by atoms with Gasteiger partial charge in [-0.15, -0.1) is 6.58 Å². The summed E-state index contributed by atoms with van der Waals surface area (Å²) in [7, 11) is 0. The predicted octanol–water partition coefficient (Wildman–Crippen LogP) is 8.41. The first kappa shape index (κ1) is 46.2. The second-order valence-corrected chi connectivity index (χ2v) is 16.7. The smallest absolute Gasteiger partial charge is 0.228 e. The van der Waals surface area contributed by atoms with Crippen LogP contribution in [0.5, 0.6) is 0 Å². The Kier molecular flexibility index (Phi) is 17.1. The summed E-state index contributed by atoms with van der Waals surface area (Å²) in [5.74, 6) is -3.79. The minimum Gasteiger partial charge on any atom is -0.392 e.